The van der Waals surface area contributed by atoms with Crippen LogP contribution in [-0.4, -0.2) is 11.1 Å². The molecule has 0 spiro atoms. The van der Waals surface area contributed by atoms with Crippen molar-refractivity contribution in [2.75, 3.05) is 10.3 Å². The molecule has 1 N–H and O–H groups in total. The fraction of sp³-hybridized carbons (Fsp3) is 0. The SMILES string of the molecule is O=C(Nc1ccccc1)N(c1ccccc1)[N+](=O)[O-]. The minimum atomic E-state index is -0.817. The Balaban J connectivity index is 2.21. The van der Waals surface area contributed by atoms with Crippen molar-refractivity contribution in [1.29, 1.82) is 0 Å². The maximum absolute atomic E-state index is 11.9. The molecule has 0 saturated heterocycles. The van der Waals surface area contributed by atoms with Gasteiger partial charge < -0.3 is 5.32 Å². The summed E-state index contributed by atoms with van der Waals surface area (Å²) in [6, 6.07) is 15.7. The Labute approximate surface area is 109 Å². The van der Waals surface area contributed by atoms with Crippen LogP contribution in [0.15, 0.2) is 60.7 Å². The largest absolute Gasteiger partial charge is 0.385 e. The molecule has 0 unspecified atom stereocenters. The molecule has 0 fully saturated rings. The molecule has 96 valence electrons. The zero-order valence-corrected chi connectivity index (χ0v) is 9.89. The first-order chi connectivity index (χ1) is 9.18. The van der Waals surface area contributed by atoms with E-state index in [1.807, 2.05) is 0 Å². The molecule has 6 heteroatoms. The van der Waals surface area contributed by atoms with Crippen LogP contribution in [0.4, 0.5) is 16.2 Å². The number of para-hydroxylation sites is 2. The van der Waals surface area contributed by atoms with E-state index in [1.54, 1.807) is 48.5 Å². The summed E-state index contributed by atoms with van der Waals surface area (Å²) in [6.07, 6.45) is 0. The summed E-state index contributed by atoms with van der Waals surface area (Å²) in [5.41, 5.74) is 0.691. The zero-order valence-electron chi connectivity index (χ0n) is 9.89. The second kappa shape index (κ2) is 5.63. The fourth-order valence-corrected chi connectivity index (χ4v) is 1.55. The Morgan fingerprint density at radius 3 is 2.05 bits per heavy atom. The molecule has 0 aliphatic heterocycles. The number of benzene rings is 2. The van der Waals surface area contributed by atoms with Crippen LogP contribution in [0.2, 0.25) is 0 Å². The molecule has 2 aromatic rings. The van der Waals surface area contributed by atoms with E-state index in [2.05, 4.69) is 5.32 Å². The van der Waals surface area contributed by atoms with Crippen molar-refractivity contribution in [2.24, 2.45) is 0 Å². The van der Waals surface area contributed by atoms with Gasteiger partial charge in [0.1, 0.15) is 5.69 Å². The summed E-state index contributed by atoms with van der Waals surface area (Å²) < 4.78 is 0. The number of nitrogens with one attached hydrogen (secondary N) is 1. The second-order valence-electron chi connectivity index (χ2n) is 3.68. The Morgan fingerprint density at radius 2 is 1.53 bits per heavy atom. The summed E-state index contributed by atoms with van der Waals surface area (Å²) in [6.45, 7) is 0. The van der Waals surface area contributed by atoms with Gasteiger partial charge in [-0.15, -0.1) is 0 Å². The van der Waals surface area contributed by atoms with E-state index < -0.39 is 11.1 Å². The molecule has 0 aromatic heterocycles. The summed E-state index contributed by atoms with van der Waals surface area (Å²) in [7, 11) is 0. The van der Waals surface area contributed by atoms with E-state index in [4.69, 9.17) is 0 Å². The van der Waals surface area contributed by atoms with E-state index in [1.165, 1.54) is 12.1 Å². The number of anilines is 2. The van der Waals surface area contributed by atoms with Gasteiger partial charge in [-0.3, -0.25) is 0 Å². The van der Waals surface area contributed by atoms with Crippen molar-refractivity contribution in [3.63, 3.8) is 0 Å². The Kier molecular flexibility index (Phi) is 3.72. The van der Waals surface area contributed by atoms with Crippen LogP contribution < -0.4 is 10.3 Å². The van der Waals surface area contributed by atoms with Gasteiger partial charge in [0.25, 0.3) is 0 Å². The first kappa shape index (κ1) is 12.6. The maximum Gasteiger partial charge on any atom is 0.385 e. The smallest absolute Gasteiger partial charge is 0.303 e. The van der Waals surface area contributed by atoms with Crippen LogP contribution in [0.3, 0.4) is 0 Å². The number of amides is 2. The molecule has 2 aromatic carbocycles. The van der Waals surface area contributed by atoms with Gasteiger partial charge in [-0.05, 0) is 29.3 Å². The number of urea groups is 1. The normalized spacial score (nSPS) is 9.68. The van der Waals surface area contributed by atoms with Crippen LogP contribution in [0, 0.1) is 10.1 Å². The number of nitrogens with zero attached hydrogens (tertiary/aromatic N) is 2. The van der Waals surface area contributed by atoms with Crippen molar-refractivity contribution in [1.82, 2.24) is 0 Å². The molecule has 6 nitrogen and oxygen atoms in total. The van der Waals surface area contributed by atoms with Gasteiger partial charge in [0.2, 0.25) is 0 Å². The quantitative estimate of drug-likeness (QED) is 0.678. The maximum atomic E-state index is 11.9. The topological polar surface area (TPSA) is 75.5 Å². The van der Waals surface area contributed by atoms with E-state index in [0.29, 0.717) is 10.7 Å². The Morgan fingerprint density at radius 1 is 1.00 bits per heavy atom. The van der Waals surface area contributed by atoms with Crippen LogP contribution >= 0.6 is 0 Å². The van der Waals surface area contributed by atoms with E-state index in [0.717, 1.165) is 0 Å². The van der Waals surface area contributed by atoms with Crippen LogP contribution in [0.5, 0.6) is 0 Å². The number of nitro groups is 1. The number of carbonyl (C=O) groups is 1. The standard InChI is InChI=1S/C13H11N3O3/c17-13(14-11-7-3-1-4-8-11)15(16(18)19)12-9-5-2-6-10-12/h1-10H,(H,14,17). The highest BCUT2D eigenvalue weighted by Crippen LogP contribution is 2.15. The molecule has 0 atom stereocenters. The highest BCUT2D eigenvalue weighted by molar-refractivity contribution is 5.99. The molecule has 2 amide bonds. The molecule has 19 heavy (non-hydrogen) atoms. The van der Waals surface area contributed by atoms with Gasteiger partial charge >= 0.3 is 6.03 Å². The summed E-state index contributed by atoms with van der Waals surface area (Å²) >= 11 is 0. The average molecular weight is 257 g/mol. The molecule has 0 heterocycles. The molecular weight excluding hydrogens is 246 g/mol. The van der Waals surface area contributed by atoms with E-state index in [9.17, 15) is 14.9 Å². The van der Waals surface area contributed by atoms with Crippen molar-refractivity contribution in [3.05, 3.63) is 70.8 Å². The van der Waals surface area contributed by atoms with Gasteiger partial charge in [-0.2, -0.15) is 0 Å². The van der Waals surface area contributed by atoms with Gasteiger partial charge in [-0.25, -0.2) is 14.9 Å². The van der Waals surface area contributed by atoms with Crippen LogP contribution in [-0.2, 0) is 0 Å². The zero-order chi connectivity index (χ0) is 13.7. The van der Waals surface area contributed by atoms with Gasteiger partial charge in [0.05, 0.1) is 0 Å². The summed E-state index contributed by atoms with van der Waals surface area (Å²) in [5.74, 6) is 0. The molecular formula is C13H11N3O3. The van der Waals surface area contributed by atoms with Crippen molar-refractivity contribution in [2.45, 2.75) is 0 Å². The van der Waals surface area contributed by atoms with Crippen LogP contribution in [0.25, 0.3) is 0 Å². The third-order valence-electron chi connectivity index (χ3n) is 2.38. The summed E-state index contributed by atoms with van der Waals surface area (Å²) in [5, 5.41) is 13.2. The third-order valence-corrected chi connectivity index (χ3v) is 2.38. The van der Waals surface area contributed by atoms with Gasteiger partial charge in [-0.1, -0.05) is 36.4 Å². The second-order valence-corrected chi connectivity index (χ2v) is 3.68. The minimum Gasteiger partial charge on any atom is -0.303 e. The molecule has 0 saturated carbocycles. The lowest BCUT2D eigenvalue weighted by molar-refractivity contribution is -0.481. The minimum absolute atomic E-state index is 0.195. The van der Waals surface area contributed by atoms with E-state index in [-0.39, 0.29) is 5.69 Å². The van der Waals surface area contributed by atoms with Crippen molar-refractivity contribution in [3.8, 4) is 0 Å². The molecule has 0 radical (unpaired) electrons. The lowest BCUT2D eigenvalue weighted by Gasteiger charge is -2.13. The monoisotopic (exact) mass is 257 g/mol. The fourth-order valence-electron chi connectivity index (χ4n) is 1.55. The Bertz CT molecular complexity index is 572. The Hall–Kier alpha value is -2.89. The lowest BCUT2D eigenvalue weighted by atomic mass is 10.3. The molecule has 0 aliphatic carbocycles. The summed E-state index contributed by atoms with van der Waals surface area (Å²) in [4.78, 5) is 22.9. The predicted octanol–water partition coefficient (Wildman–Crippen LogP) is 2.92. The van der Waals surface area contributed by atoms with E-state index >= 15 is 0 Å². The number of hydrogen-bond acceptors (Lipinski definition) is 3. The van der Waals surface area contributed by atoms with Crippen molar-refractivity contribution >= 4 is 17.4 Å². The number of rotatable bonds is 3. The molecule has 0 bridgehead atoms. The van der Waals surface area contributed by atoms with Gasteiger partial charge in [0, 0.05) is 5.69 Å². The highest BCUT2D eigenvalue weighted by atomic mass is 16.7. The first-order valence-corrected chi connectivity index (χ1v) is 5.54. The molecule has 0 aliphatic rings. The molecule has 2 rings (SSSR count). The first-order valence-electron chi connectivity index (χ1n) is 5.54. The number of hydrogen-bond donors (Lipinski definition) is 1. The predicted molar refractivity (Wildman–Crippen MR) is 71.4 cm³/mol. The third kappa shape index (κ3) is 3.06. The van der Waals surface area contributed by atoms with Crippen LogP contribution in [0.1, 0.15) is 0 Å². The van der Waals surface area contributed by atoms with Gasteiger partial charge in [0.15, 0.2) is 5.03 Å². The number of carbonyl (C=O) groups excluding carboxylic acids is 1. The van der Waals surface area contributed by atoms with Crippen molar-refractivity contribution < 1.29 is 9.83 Å². The lowest BCUT2D eigenvalue weighted by Crippen LogP contribution is -2.39. The average Bonchev–Trinajstić information content (AvgIpc) is 2.40. The number of hydrazine groups is 1. The highest BCUT2D eigenvalue weighted by Gasteiger charge is 2.26.